The highest BCUT2D eigenvalue weighted by atomic mass is 35.5. The van der Waals surface area contributed by atoms with Crippen LogP contribution in [0.15, 0.2) is 48.6 Å². The zero-order valence-electron chi connectivity index (χ0n) is 23.2. The summed E-state index contributed by atoms with van der Waals surface area (Å²) in [6, 6.07) is 11.0. The number of rotatable bonds is 0. The first kappa shape index (κ1) is 29.0. The van der Waals surface area contributed by atoms with Crippen LogP contribution < -0.4 is 14.4 Å². The minimum atomic E-state index is -3.98. The molecule has 3 atom stereocenters. The van der Waals surface area contributed by atoms with E-state index in [1.54, 1.807) is 38.1 Å². The molecule has 1 fully saturated rings. The summed E-state index contributed by atoms with van der Waals surface area (Å²) in [6.07, 6.45) is 8.69. The monoisotopic (exact) mass is 586 g/mol. The zero-order valence-corrected chi connectivity index (χ0v) is 24.8. The Kier molecular flexibility index (Phi) is 8.50. The van der Waals surface area contributed by atoms with E-state index in [1.807, 2.05) is 24.3 Å². The Morgan fingerprint density at radius 1 is 1.07 bits per heavy atom. The molecule has 2 aromatic rings. The average Bonchev–Trinajstić information content (AvgIpc) is 2.91. The van der Waals surface area contributed by atoms with Gasteiger partial charge in [-0.2, -0.15) is 0 Å². The second-order valence-corrected chi connectivity index (χ2v) is 14.7. The number of aliphatic hydroxyl groups excluding tert-OH is 1. The van der Waals surface area contributed by atoms with Crippen LogP contribution in [0, 0.1) is 11.8 Å². The van der Waals surface area contributed by atoms with Gasteiger partial charge in [-0.15, -0.1) is 0 Å². The minimum Gasteiger partial charge on any atom is -0.487 e. The normalized spacial score (nSPS) is 27.4. The Hall–Kier alpha value is -2.55. The van der Waals surface area contributed by atoms with Gasteiger partial charge in [-0.05, 0) is 112 Å². The molecular formula is C31H39ClN2O5S. The second kappa shape index (κ2) is 11.7. The molecule has 0 spiro atoms. The van der Waals surface area contributed by atoms with Gasteiger partial charge < -0.3 is 14.7 Å². The molecule has 3 aliphatic rings. The van der Waals surface area contributed by atoms with Crippen LogP contribution >= 0.6 is 11.6 Å². The number of aliphatic hydroxyl groups is 1. The first-order valence-electron chi connectivity index (χ1n) is 14.2. The number of nitrogens with zero attached hydrogens (tertiary/aromatic N) is 1. The van der Waals surface area contributed by atoms with Gasteiger partial charge in [0.15, 0.2) is 0 Å². The minimum absolute atomic E-state index is 0.176. The van der Waals surface area contributed by atoms with E-state index in [9.17, 15) is 18.3 Å². The molecule has 0 radical (unpaired) electrons. The number of ether oxygens (including phenoxy) is 1. The third-order valence-electron chi connectivity index (χ3n) is 8.77. The largest absolute Gasteiger partial charge is 0.487 e. The number of anilines is 1. The number of carbonyl (C=O) groups is 1. The van der Waals surface area contributed by atoms with Gasteiger partial charge in [-0.1, -0.05) is 29.8 Å². The molecule has 2 N–H and O–H groups in total. The topological polar surface area (TPSA) is 95.9 Å². The van der Waals surface area contributed by atoms with Gasteiger partial charge in [-0.3, -0.25) is 4.79 Å². The molecule has 0 aromatic heterocycles. The van der Waals surface area contributed by atoms with Crippen LogP contribution in [0.25, 0.3) is 0 Å². The van der Waals surface area contributed by atoms with Gasteiger partial charge in [0.2, 0.25) is 10.0 Å². The summed E-state index contributed by atoms with van der Waals surface area (Å²) in [5.74, 6) is 0.482. The lowest BCUT2D eigenvalue weighted by atomic mass is 9.69. The maximum atomic E-state index is 13.3. The fourth-order valence-corrected chi connectivity index (χ4v) is 7.05. The van der Waals surface area contributed by atoms with Crippen LogP contribution in [-0.2, 0) is 23.1 Å². The van der Waals surface area contributed by atoms with Gasteiger partial charge in [0.25, 0.3) is 5.91 Å². The zero-order chi connectivity index (χ0) is 28.5. The van der Waals surface area contributed by atoms with E-state index in [0.29, 0.717) is 29.7 Å². The van der Waals surface area contributed by atoms with Crippen LogP contribution in [0.1, 0.15) is 73.9 Å². The Morgan fingerprint density at radius 3 is 2.67 bits per heavy atom. The number of benzene rings is 2. The van der Waals surface area contributed by atoms with Gasteiger partial charge in [0.05, 0.1) is 16.5 Å². The number of carbonyl (C=O) groups excluding carboxylic acids is 1. The Balaban J connectivity index is 1.54. The molecule has 1 saturated carbocycles. The standard InChI is InChI=1S/C31H39ClN2O5S/c1-31(2)15-5-3-8-28(35)26-13-10-23(26)19-34-16-6-4-7-21-17-25(32)12-9-24(21)20-39-29-14-11-22(18-27(29)34)30(36)33-40(31,37)38/h3,5,9,11-12,14,17-18,23,26,28,35H,4,6-8,10,13,15-16,19-20H2,1-2H3,(H,33,36)/b5-3+/t23-,26+,28-/m0/s1. The number of fused-ring (bicyclic) bond motifs is 3. The Bertz CT molecular complexity index is 1390. The van der Waals surface area contributed by atoms with Crippen molar-refractivity contribution >= 4 is 33.2 Å². The van der Waals surface area contributed by atoms with Crippen LogP contribution in [0.5, 0.6) is 5.75 Å². The molecule has 2 heterocycles. The molecule has 40 heavy (non-hydrogen) atoms. The van der Waals surface area contributed by atoms with Crippen LogP contribution in [0.3, 0.4) is 0 Å². The van der Waals surface area contributed by atoms with E-state index in [0.717, 1.165) is 56.4 Å². The predicted octanol–water partition coefficient (Wildman–Crippen LogP) is 5.64. The average molecular weight is 587 g/mol. The molecule has 5 rings (SSSR count). The van der Waals surface area contributed by atoms with Crippen molar-refractivity contribution in [1.82, 2.24) is 4.72 Å². The fraction of sp³-hybridized carbons (Fsp3) is 0.516. The van der Waals surface area contributed by atoms with Crippen molar-refractivity contribution in [3.8, 4) is 5.75 Å². The first-order valence-corrected chi connectivity index (χ1v) is 16.1. The van der Waals surface area contributed by atoms with Gasteiger partial charge in [-0.25, -0.2) is 13.1 Å². The summed E-state index contributed by atoms with van der Waals surface area (Å²) < 4.78 is 33.8. The molecule has 9 heteroatoms. The molecule has 1 aliphatic carbocycles. The van der Waals surface area contributed by atoms with Crippen LogP contribution in [0.4, 0.5) is 5.69 Å². The summed E-state index contributed by atoms with van der Waals surface area (Å²) in [5, 5.41) is 11.7. The van der Waals surface area contributed by atoms with Gasteiger partial charge in [0, 0.05) is 23.7 Å². The smallest absolute Gasteiger partial charge is 0.264 e. The third kappa shape index (κ3) is 6.19. The van der Waals surface area contributed by atoms with E-state index in [-0.39, 0.29) is 17.9 Å². The maximum Gasteiger partial charge on any atom is 0.264 e. The summed E-state index contributed by atoms with van der Waals surface area (Å²) >= 11 is 6.29. The highest BCUT2D eigenvalue weighted by Gasteiger charge is 2.38. The van der Waals surface area contributed by atoms with Crippen molar-refractivity contribution in [1.29, 1.82) is 0 Å². The fourth-order valence-electron chi connectivity index (χ4n) is 5.90. The van der Waals surface area contributed by atoms with Crippen molar-refractivity contribution in [2.75, 3.05) is 18.0 Å². The van der Waals surface area contributed by atoms with E-state index >= 15 is 0 Å². The van der Waals surface area contributed by atoms with E-state index in [1.165, 1.54) is 5.56 Å². The Morgan fingerprint density at radius 2 is 1.90 bits per heavy atom. The van der Waals surface area contributed by atoms with Crippen LogP contribution in [0.2, 0.25) is 5.02 Å². The first-order chi connectivity index (χ1) is 19.0. The molecule has 0 saturated heterocycles. The number of nitrogens with one attached hydrogen (secondary N) is 1. The van der Waals surface area contributed by atoms with E-state index in [4.69, 9.17) is 16.3 Å². The van der Waals surface area contributed by atoms with Crippen molar-refractivity contribution in [2.45, 2.75) is 76.3 Å². The quantitative estimate of drug-likeness (QED) is 0.388. The van der Waals surface area contributed by atoms with Crippen molar-refractivity contribution < 1.29 is 23.1 Å². The summed E-state index contributed by atoms with van der Waals surface area (Å²) in [4.78, 5) is 15.5. The summed E-state index contributed by atoms with van der Waals surface area (Å²) in [5.41, 5.74) is 3.28. The SMILES string of the molecule is CC1(C)C/C=C/C[C@H](O)[C@@H]2CC[C@H]2CN2CCCCc3cc(Cl)ccc3COc3ccc(cc32)C(=O)NS1(=O)=O. The highest BCUT2D eigenvalue weighted by molar-refractivity contribution is 7.91. The second-order valence-electron chi connectivity index (χ2n) is 12.0. The third-order valence-corrected chi connectivity index (χ3v) is 11.1. The Labute approximate surface area is 242 Å². The number of aryl methyl sites for hydroxylation is 1. The molecule has 0 unspecified atom stereocenters. The van der Waals surface area contributed by atoms with E-state index in [2.05, 4.69) is 9.62 Å². The molecule has 216 valence electrons. The maximum absolute atomic E-state index is 13.3. The molecule has 2 aromatic carbocycles. The number of allylic oxidation sites excluding steroid dienone is 1. The van der Waals surface area contributed by atoms with Crippen LogP contribution in [-0.4, -0.2) is 43.4 Å². The van der Waals surface area contributed by atoms with Crippen molar-refractivity contribution in [2.24, 2.45) is 11.8 Å². The molecule has 2 bridgehead atoms. The molecule has 2 aliphatic heterocycles. The number of hydrogen-bond donors (Lipinski definition) is 2. The lowest BCUT2D eigenvalue weighted by molar-refractivity contribution is 0.0180. The number of halogens is 1. The lowest BCUT2D eigenvalue weighted by Crippen LogP contribution is -2.45. The summed E-state index contributed by atoms with van der Waals surface area (Å²) in [7, 11) is -3.98. The van der Waals surface area contributed by atoms with Gasteiger partial charge in [0.1, 0.15) is 12.4 Å². The molecule has 1 amide bonds. The molecular weight excluding hydrogens is 548 g/mol. The summed E-state index contributed by atoms with van der Waals surface area (Å²) in [6.45, 7) is 5.05. The number of hydrogen-bond acceptors (Lipinski definition) is 6. The number of sulfonamides is 1. The number of amides is 1. The predicted molar refractivity (Wildman–Crippen MR) is 158 cm³/mol. The lowest BCUT2D eigenvalue weighted by Gasteiger charge is -2.43. The van der Waals surface area contributed by atoms with E-state index < -0.39 is 26.8 Å². The van der Waals surface area contributed by atoms with Crippen molar-refractivity contribution in [3.05, 3.63) is 70.3 Å². The van der Waals surface area contributed by atoms with Gasteiger partial charge >= 0.3 is 0 Å². The van der Waals surface area contributed by atoms with Crippen molar-refractivity contribution in [3.63, 3.8) is 0 Å². The highest BCUT2D eigenvalue weighted by Crippen LogP contribution is 2.41. The molecule has 7 nitrogen and oxygen atoms in total.